The van der Waals surface area contributed by atoms with E-state index >= 15 is 0 Å². The number of rotatable bonds is 5. The van der Waals surface area contributed by atoms with Gasteiger partial charge in [0.1, 0.15) is 52.6 Å². The molecule has 3 heterocycles. The zero-order valence-corrected chi connectivity index (χ0v) is 20.9. The van der Waals surface area contributed by atoms with E-state index in [1.54, 1.807) is 43.3 Å². The maximum Gasteiger partial charge on any atom is 0.200 e. The van der Waals surface area contributed by atoms with Crippen LogP contribution in [0.2, 0.25) is 0 Å². The first-order valence-corrected chi connectivity index (χ1v) is 12.0. The van der Waals surface area contributed by atoms with Crippen molar-refractivity contribution in [3.05, 3.63) is 101 Å². The summed E-state index contributed by atoms with van der Waals surface area (Å²) in [6, 6.07) is 16.1. The third kappa shape index (κ3) is 4.06. The topological polar surface area (TPSA) is 109 Å². The number of anilines is 1. The van der Waals surface area contributed by atoms with Crippen molar-refractivity contribution in [1.82, 2.24) is 19.7 Å². The average Bonchev–Trinajstić information content (AvgIpc) is 3.33. The molecule has 0 aliphatic heterocycles. The molecule has 0 spiro atoms. The van der Waals surface area contributed by atoms with Crippen LogP contribution >= 0.6 is 0 Å². The molecular weight excluding hydrogens is 504 g/mol. The van der Waals surface area contributed by atoms with E-state index < -0.39 is 17.7 Å². The quantitative estimate of drug-likeness (QED) is 0.305. The van der Waals surface area contributed by atoms with Crippen LogP contribution < -0.4 is 15.9 Å². The molecule has 3 aromatic carbocycles. The molecule has 1 atom stereocenters. The molecule has 0 aliphatic carbocycles. The molecule has 8 nitrogen and oxygen atoms in total. The van der Waals surface area contributed by atoms with Crippen LogP contribution in [0.25, 0.3) is 44.4 Å². The fourth-order valence-corrected chi connectivity index (χ4v) is 4.77. The smallest absolute Gasteiger partial charge is 0.200 e. The number of benzene rings is 3. The Balaban J connectivity index is 1.64. The number of nitrogens with zero attached hydrogens (tertiary/aromatic N) is 4. The summed E-state index contributed by atoms with van der Waals surface area (Å²) in [5, 5.41) is 5.51. The Labute approximate surface area is 220 Å². The van der Waals surface area contributed by atoms with Crippen molar-refractivity contribution in [2.24, 2.45) is 0 Å². The Hall–Kier alpha value is -5.12. The van der Waals surface area contributed by atoms with Gasteiger partial charge in [-0.05, 0) is 48.9 Å². The van der Waals surface area contributed by atoms with Gasteiger partial charge in [0.25, 0.3) is 0 Å². The van der Waals surface area contributed by atoms with E-state index in [1.807, 2.05) is 0 Å². The van der Waals surface area contributed by atoms with Gasteiger partial charge in [-0.2, -0.15) is 5.10 Å². The van der Waals surface area contributed by atoms with E-state index in [9.17, 15) is 13.6 Å². The maximum absolute atomic E-state index is 14.4. The second kappa shape index (κ2) is 9.32. The molecule has 0 aliphatic rings. The lowest BCUT2D eigenvalue weighted by atomic mass is 9.99. The van der Waals surface area contributed by atoms with Crippen LogP contribution in [-0.4, -0.2) is 26.9 Å². The monoisotopic (exact) mass is 525 g/mol. The SMILES string of the molecule is COc1cc(F)cc(-c2nn(C(C)c3oc4ccccc4c(=O)c3-c3cccc(F)c3)c3ncnc(N)c23)c1. The molecule has 0 fully saturated rings. The number of halogens is 2. The summed E-state index contributed by atoms with van der Waals surface area (Å²) in [6.07, 6.45) is 1.29. The molecule has 194 valence electrons. The van der Waals surface area contributed by atoms with Crippen molar-refractivity contribution in [2.45, 2.75) is 13.0 Å². The minimum absolute atomic E-state index is 0.141. The van der Waals surface area contributed by atoms with Gasteiger partial charge in [-0.1, -0.05) is 24.3 Å². The number of fused-ring (bicyclic) bond motifs is 2. The Morgan fingerprint density at radius 1 is 0.974 bits per heavy atom. The molecule has 2 N–H and O–H groups in total. The van der Waals surface area contributed by atoms with Crippen LogP contribution in [0.1, 0.15) is 18.7 Å². The summed E-state index contributed by atoms with van der Waals surface area (Å²) in [6.45, 7) is 1.77. The second-order valence-electron chi connectivity index (χ2n) is 8.98. The van der Waals surface area contributed by atoms with E-state index in [0.717, 1.165) is 0 Å². The number of nitrogen functional groups attached to an aromatic ring is 1. The first kappa shape index (κ1) is 24.2. The lowest BCUT2D eigenvalue weighted by Gasteiger charge is -2.17. The Morgan fingerprint density at radius 2 is 1.77 bits per heavy atom. The van der Waals surface area contributed by atoms with E-state index in [1.165, 1.54) is 48.5 Å². The molecule has 3 aromatic heterocycles. The number of methoxy groups -OCH3 is 1. The number of aromatic nitrogens is 4. The Bertz CT molecular complexity index is 1950. The van der Waals surface area contributed by atoms with Gasteiger partial charge in [-0.15, -0.1) is 0 Å². The minimum Gasteiger partial charge on any atom is -0.497 e. The number of nitrogens with two attached hydrogens (primary N) is 1. The summed E-state index contributed by atoms with van der Waals surface area (Å²) < 4.78 is 41.8. The van der Waals surface area contributed by atoms with Gasteiger partial charge in [0.2, 0.25) is 5.43 Å². The molecular formula is C29H21F2N5O3. The largest absolute Gasteiger partial charge is 0.497 e. The summed E-state index contributed by atoms with van der Waals surface area (Å²) in [5.41, 5.74) is 7.91. The molecule has 39 heavy (non-hydrogen) atoms. The summed E-state index contributed by atoms with van der Waals surface area (Å²) in [4.78, 5) is 22.2. The van der Waals surface area contributed by atoms with Crippen molar-refractivity contribution in [3.8, 4) is 28.1 Å². The summed E-state index contributed by atoms with van der Waals surface area (Å²) >= 11 is 0. The molecule has 1 unspecified atom stereocenters. The van der Waals surface area contributed by atoms with Crippen LogP contribution in [-0.2, 0) is 0 Å². The van der Waals surface area contributed by atoms with Crippen molar-refractivity contribution < 1.29 is 17.9 Å². The van der Waals surface area contributed by atoms with E-state index in [2.05, 4.69) is 9.97 Å². The number of hydrogen-bond donors (Lipinski definition) is 1. The number of para-hydroxylation sites is 1. The molecule has 10 heteroatoms. The van der Waals surface area contributed by atoms with Gasteiger partial charge >= 0.3 is 0 Å². The Morgan fingerprint density at radius 3 is 2.56 bits per heavy atom. The lowest BCUT2D eigenvalue weighted by molar-refractivity contribution is 0.411. The van der Waals surface area contributed by atoms with Gasteiger partial charge in [0.15, 0.2) is 5.65 Å². The van der Waals surface area contributed by atoms with Crippen LogP contribution in [0, 0.1) is 11.6 Å². The van der Waals surface area contributed by atoms with Gasteiger partial charge in [-0.25, -0.2) is 23.4 Å². The molecule has 6 rings (SSSR count). The molecule has 0 radical (unpaired) electrons. The molecule has 6 aromatic rings. The van der Waals surface area contributed by atoms with Gasteiger partial charge in [0.05, 0.1) is 23.4 Å². The highest BCUT2D eigenvalue weighted by molar-refractivity contribution is 5.98. The maximum atomic E-state index is 14.4. The zero-order valence-electron chi connectivity index (χ0n) is 20.9. The van der Waals surface area contributed by atoms with E-state index in [-0.39, 0.29) is 22.6 Å². The van der Waals surface area contributed by atoms with Crippen LogP contribution in [0.4, 0.5) is 14.6 Å². The average molecular weight is 526 g/mol. The first-order chi connectivity index (χ1) is 18.9. The second-order valence-corrected chi connectivity index (χ2v) is 8.98. The highest BCUT2D eigenvalue weighted by Gasteiger charge is 2.27. The highest BCUT2D eigenvalue weighted by Crippen LogP contribution is 2.37. The first-order valence-electron chi connectivity index (χ1n) is 12.0. The Kier molecular flexibility index (Phi) is 5.79. The molecule has 0 amide bonds. The summed E-state index contributed by atoms with van der Waals surface area (Å²) in [5.74, 6) is -0.336. The predicted octanol–water partition coefficient (Wildman–Crippen LogP) is 5.75. The molecule has 0 saturated heterocycles. The van der Waals surface area contributed by atoms with Gasteiger partial charge < -0.3 is 14.9 Å². The van der Waals surface area contributed by atoms with E-state index in [4.69, 9.17) is 20.0 Å². The fourth-order valence-electron chi connectivity index (χ4n) is 4.77. The number of ether oxygens (including phenoxy) is 1. The normalized spacial score (nSPS) is 12.2. The van der Waals surface area contributed by atoms with Crippen molar-refractivity contribution in [1.29, 1.82) is 0 Å². The zero-order chi connectivity index (χ0) is 27.3. The lowest BCUT2D eigenvalue weighted by Crippen LogP contribution is -2.16. The van der Waals surface area contributed by atoms with Crippen molar-refractivity contribution in [2.75, 3.05) is 12.8 Å². The molecule has 0 bridgehead atoms. The third-order valence-electron chi connectivity index (χ3n) is 6.58. The van der Waals surface area contributed by atoms with Crippen LogP contribution in [0.3, 0.4) is 0 Å². The van der Waals surface area contributed by atoms with Crippen molar-refractivity contribution in [3.63, 3.8) is 0 Å². The van der Waals surface area contributed by atoms with Crippen LogP contribution in [0.15, 0.2) is 82.3 Å². The van der Waals surface area contributed by atoms with Crippen molar-refractivity contribution >= 4 is 27.8 Å². The third-order valence-corrected chi connectivity index (χ3v) is 6.58. The van der Waals surface area contributed by atoms with E-state index in [0.29, 0.717) is 44.6 Å². The van der Waals surface area contributed by atoms with Gasteiger partial charge in [-0.3, -0.25) is 4.79 Å². The predicted molar refractivity (Wildman–Crippen MR) is 143 cm³/mol. The number of hydrogen-bond acceptors (Lipinski definition) is 7. The molecule has 0 saturated carbocycles. The minimum atomic E-state index is -0.721. The van der Waals surface area contributed by atoms with Crippen LogP contribution in [0.5, 0.6) is 5.75 Å². The standard InChI is InChI=1S/C29H21F2N5O3/c1-15(27-23(16-6-5-7-18(30)10-16)26(37)21-8-3-4-9-22(21)39-27)36-29-24(28(32)33-14-34-29)25(35-36)17-11-19(31)13-20(12-17)38-2/h3-15H,1-2H3,(H2,32,33,34). The highest BCUT2D eigenvalue weighted by atomic mass is 19.1. The van der Waals surface area contributed by atoms with Gasteiger partial charge in [0, 0.05) is 11.6 Å². The summed E-state index contributed by atoms with van der Waals surface area (Å²) in [7, 11) is 1.44. The fraction of sp³-hybridized carbons (Fsp3) is 0.103.